The highest BCUT2D eigenvalue weighted by molar-refractivity contribution is 5.97. The molecule has 0 unspecified atom stereocenters. The summed E-state index contributed by atoms with van der Waals surface area (Å²) in [6, 6.07) is 30.9. The molecule has 1 aliphatic rings. The second-order valence-electron chi connectivity index (χ2n) is 11.1. The number of aliphatic hydroxyl groups is 2. The van der Waals surface area contributed by atoms with E-state index in [1.165, 1.54) is 0 Å². The molecule has 0 amide bonds. The number of benzene rings is 2. The third kappa shape index (κ3) is 5.69. The van der Waals surface area contributed by atoms with Gasteiger partial charge in [0.25, 0.3) is 0 Å². The fraction of sp³-hybridized carbons (Fsp3) is 0.222. The van der Waals surface area contributed by atoms with E-state index in [0.717, 1.165) is 5.56 Å². The van der Waals surface area contributed by atoms with E-state index < -0.39 is 23.0 Å². The second kappa shape index (κ2) is 12.4. The van der Waals surface area contributed by atoms with Crippen LogP contribution in [0.2, 0.25) is 0 Å². The normalized spacial score (nSPS) is 23.1. The zero-order valence-electron chi connectivity index (χ0n) is 24.3. The predicted molar refractivity (Wildman–Crippen MR) is 164 cm³/mol. The van der Waals surface area contributed by atoms with Crippen molar-refractivity contribution in [3.05, 3.63) is 150 Å². The Kier molecular flexibility index (Phi) is 8.19. The van der Waals surface area contributed by atoms with Gasteiger partial charge in [0.05, 0.1) is 24.4 Å². The minimum atomic E-state index is -1.87. The van der Waals surface area contributed by atoms with Crippen LogP contribution in [0.3, 0.4) is 0 Å². The summed E-state index contributed by atoms with van der Waals surface area (Å²) in [5.74, 6) is -1.08. The van der Waals surface area contributed by atoms with Crippen LogP contribution in [0.25, 0.3) is 0 Å². The van der Waals surface area contributed by atoms with Crippen molar-refractivity contribution >= 4 is 5.78 Å². The van der Waals surface area contributed by atoms with Gasteiger partial charge in [0.15, 0.2) is 17.3 Å². The molecule has 2 aromatic carbocycles. The number of ether oxygens (including phenoxy) is 2. The molecule has 0 saturated heterocycles. The summed E-state index contributed by atoms with van der Waals surface area (Å²) < 4.78 is 11.8. The molecule has 1 aliphatic carbocycles. The molecular weight excluding hydrogens is 554 g/mol. The standard InChI is InChI=1S/C36H33N3O5/c1-43-30-21-26(16-17-29(30)44-23-25-11-3-2-4-12-25)27-22-35(41,31-14-6-9-19-38-31)24-36(42,32-15-7-10-20-39-32)33(27)34(40)28-13-5-8-18-37-28/h2-21,27,33,41-42H,22-24H2,1H3/t27-,33+,35+,36-/m1/s1. The number of ketones is 1. The lowest BCUT2D eigenvalue weighted by Gasteiger charge is -2.50. The highest BCUT2D eigenvalue weighted by atomic mass is 16.5. The molecule has 8 heteroatoms. The number of aromatic nitrogens is 3. The Morgan fingerprint density at radius 2 is 1.45 bits per heavy atom. The molecule has 1 fully saturated rings. The van der Waals surface area contributed by atoms with Crippen molar-refractivity contribution in [2.45, 2.75) is 36.6 Å². The molecule has 0 spiro atoms. The quantitative estimate of drug-likeness (QED) is 0.214. The lowest BCUT2D eigenvalue weighted by atomic mass is 9.58. The number of hydrogen-bond donors (Lipinski definition) is 2. The van der Waals surface area contributed by atoms with Crippen molar-refractivity contribution in [1.29, 1.82) is 0 Å². The van der Waals surface area contributed by atoms with Crippen molar-refractivity contribution in [1.82, 2.24) is 15.0 Å². The fourth-order valence-electron chi connectivity index (χ4n) is 6.29. The summed E-state index contributed by atoms with van der Waals surface area (Å²) in [5, 5.41) is 25.0. The topological polar surface area (TPSA) is 115 Å². The van der Waals surface area contributed by atoms with Crippen LogP contribution in [-0.2, 0) is 17.8 Å². The van der Waals surface area contributed by atoms with Crippen molar-refractivity contribution in [3.8, 4) is 11.5 Å². The van der Waals surface area contributed by atoms with Crippen LogP contribution >= 0.6 is 0 Å². The van der Waals surface area contributed by atoms with E-state index >= 15 is 0 Å². The number of Topliss-reactive ketones (excluding diaryl/α,β-unsaturated/α-hetero) is 1. The molecule has 0 aliphatic heterocycles. The smallest absolute Gasteiger partial charge is 0.188 e. The lowest BCUT2D eigenvalue weighted by molar-refractivity contribution is -0.143. The summed E-state index contributed by atoms with van der Waals surface area (Å²) in [5.41, 5.74) is -0.870. The molecule has 44 heavy (non-hydrogen) atoms. The maximum Gasteiger partial charge on any atom is 0.188 e. The fourth-order valence-corrected chi connectivity index (χ4v) is 6.29. The first-order valence-corrected chi connectivity index (χ1v) is 14.5. The average molecular weight is 588 g/mol. The lowest BCUT2D eigenvalue weighted by Crippen LogP contribution is -2.54. The zero-order chi connectivity index (χ0) is 30.6. The molecule has 0 radical (unpaired) electrons. The number of pyridine rings is 3. The highest BCUT2D eigenvalue weighted by Crippen LogP contribution is 2.56. The maximum absolute atomic E-state index is 14.4. The number of methoxy groups -OCH3 is 1. The van der Waals surface area contributed by atoms with Gasteiger partial charge in [0.2, 0.25) is 0 Å². The summed E-state index contributed by atoms with van der Waals surface area (Å²) in [7, 11) is 1.56. The Morgan fingerprint density at radius 1 is 0.795 bits per heavy atom. The van der Waals surface area contributed by atoms with Gasteiger partial charge >= 0.3 is 0 Å². The van der Waals surface area contributed by atoms with Crippen LogP contribution in [0.5, 0.6) is 11.5 Å². The number of rotatable bonds is 9. The predicted octanol–water partition coefficient (Wildman–Crippen LogP) is 5.61. The van der Waals surface area contributed by atoms with Gasteiger partial charge in [-0.1, -0.05) is 54.6 Å². The Labute approximate surface area is 256 Å². The van der Waals surface area contributed by atoms with E-state index in [1.807, 2.05) is 42.5 Å². The van der Waals surface area contributed by atoms with Crippen molar-refractivity contribution in [3.63, 3.8) is 0 Å². The largest absolute Gasteiger partial charge is 0.493 e. The number of hydrogen-bond acceptors (Lipinski definition) is 8. The maximum atomic E-state index is 14.4. The van der Waals surface area contributed by atoms with E-state index in [2.05, 4.69) is 15.0 Å². The van der Waals surface area contributed by atoms with Crippen molar-refractivity contribution in [2.24, 2.45) is 5.92 Å². The van der Waals surface area contributed by atoms with Crippen LogP contribution in [0, 0.1) is 5.92 Å². The summed E-state index contributed by atoms with van der Waals surface area (Å²) in [6.07, 6.45) is 4.64. The molecule has 8 nitrogen and oxygen atoms in total. The van der Waals surface area contributed by atoms with Crippen LogP contribution in [0.1, 0.15) is 51.8 Å². The Hall–Kier alpha value is -4.92. The number of carbonyl (C=O) groups excluding carboxylic acids is 1. The van der Waals surface area contributed by atoms with Crippen molar-refractivity contribution < 1.29 is 24.5 Å². The first-order valence-electron chi connectivity index (χ1n) is 14.5. The molecule has 3 heterocycles. The molecule has 2 N–H and O–H groups in total. The minimum absolute atomic E-state index is 0.107. The van der Waals surface area contributed by atoms with E-state index in [4.69, 9.17) is 9.47 Å². The molecule has 5 aromatic rings. The van der Waals surface area contributed by atoms with Gasteiger partial charge in [-0.3, -0.25) is 19.7 Å². The van der Waals surface area contributed by atoms with Gasteiger partial charge < -0.3 is 19.7 Å². The summed E-state index contributed by atoms with van der Waals surface area (Å²) in [4.78, 5) is 27.7. The van der Waals surface area contributed by atoms with Gasteiger partial charge in [-0.15, -0.1) is 0 Å². The van der Waals surface area contributed by atoms with E-state index in [1.54, 1.807) is 86.4 Å². The SMILES string of the molecule is COc1cc([C@H]2C[C@@](O)(c3ccccn3)C[C@@](O)(c3ccccn3)[C@@H]2C(=O)c2ccccn2)ccc1OCc1ccccc1. The molecule has 4 atom stereocenters. The average Bonchev–Trinajstić information content (AvgIpc) is 3.08. The Morgan fingerprint density at radius 3 is 2.09 bits per heavy atom. The van der Waals surface area contributed by atoms with Crippen molar-refractivity contribution in [2.75, 3.05) is 7.11 Å². The third-order valence-electron chi connectivity index (χ3n) is 8.34. The first-order chi connectivity index (χ1) is 21.4. The van der Waals surface area contributed by atoms with Crippen LogP contribution in [-0.4, -0.2) is 38.1 Å². The summed E-state index contributed by atoms with van der Waals surface area (Å²) >= 11 is 0. The molecule has 1 saturated carbocycles. The van der Waals surface area contributed by atoms with Crippen LogP contribution < -0.4 is 9.47 Å². The number of nitrogens with zero attached hydrogens (tertiary/aromatic N) is 3. The van der Waals surface area contributed by atoms with E-state index in [9.17, 15) is 15.0 Å². The summed E-state index contributed by atoms with van der Waals surface area (Å²) in [6.45, 7) is 0.347. The van der Waals surface area contributed by atoms with Gasteiger partial charge in [-0.25, -0.2) is 0 Å². The van der Waals surface area contributed by atoms with E-state index in [-0.39, 0.29) is 30.0 Å². The second-order valence-corrected chi connectivity index (χ2v) is 11.1. The van der Waals surface area contributed by atoms with Crippen LogP contribution in [0.15, 0.2) is 122 Å². The molecular formula is C36H33N3O5. The van der Waals surface area contributed by atoms with E-state index in [0.29, 0.717) is 29.4 Å². The molecule has 222 valence electrons. The zero-order valence-corrected chi connectivity index (χ0v) is 24.3. The third-order valence-corrected chi connectivity index (χ3v) is 8.34. The molecule has 0 bridgehead atoms. The Bertz CT molecular complexity index is 1710. The van der Waals surface area contributed by atoms with Gasteiger partial charge in [-0.2, -0.15) is 0 Å². The molecule has 3 aromatic heterocycles. The number of carbonyl (C=O) groups is 1. The first kappa shape index (κ1) is 29.2. The van der Waals surface area contributed by atoms with Gasteiger partial charge in [-0.05, 0) is 66.1 Å². The van der Waals surface area contributed by atoms with Gasteiger partial charge in [0.1, 0.15) is 23.5 Å². The monoisotopic (exact) mass is 587 g/mol. The van der Waals surface area contributed by atoms with Gasteiger partial charge in [0, 0.05) is 30.9 Å². The highest BCUT2D eigenvalue weighted by Gasteiger charge is 2.59. The molecule has 6 rings (SSSR count). The Balaban J connectivity index is 1.48. The minimum Gasteiger partial charge on any atom is -0.493 e. The van der Waals surface area contributed by atoms with Crippen LogP contribution in [0.4, 0.5) is 0 Å².